The first-order valence-electron chi connectivity index (χ1n) is 16.3. The highest BCUT2D eigenvalue weighted by Crippen LogP contribution is 2.37. The Morgan fingerprint density at radius 3 is 2.77 bits per heavy atom. The molecule has 2 saturated heterocycles. The Balaban J connectivity index is 1.31. The van der Waals surface area contributed by atoms with Crippen molar-refractivity contribution < 1.29 is 18.7 Å². The predicted octanol–water partition coefficient (Wildman–Crippen LogP) is 4.79. The third-order valence-electron chi connectivity index (χ3n) is 9.24. The molecule has 10 nitrogen and oxygen atoms in total. The number of piperazine rings is 1. The largest absolute Gasteiger partial charge is 0.461 e. The van der Waals surface area contributed by atoms with Gasteiger partial charge in [-0.25, -0.2) is 4.39 Å². The summed E-state index contributed by atoms with van der Waals surface area (Å²) >= 11 is 6.71. The molecule has 0 aliphatic carbocycles. The number of carbonyl (C=O) groups excluding carboxylic acids is 1. The number of anilines is 2. The van der Waals surface area contributed by atoms with Gasteiger partial charge in [0.15, 0.2) is 0 Å². The molecule has 12 heteroatoms. The second-order valence-electron chi connectivity index (χ2n) is 12.5. The van der Waals surface area contributed by atoms with Crippen LogP contribution in [0.4, 0.5) is 15.9 Å². The van der Waals surface area contributed by atoms with Crippen molar-refractivity contribution in [1.29, 1.82) is 5.26 Å². The van der Waals surface area contributed by atoms with Gasteiger partial charge < -0.3 is 24.2 Å². The zero-order valence-electron chi connectivity index (χ0n) is 26.9. The summed E-state index contributed by atoms with van der Waals surface area (Å²) in [7, 11) is 0. The van der Waals surface area contributed by atoms with Crippen LogP contribution in [0.15, 0.2) is 48.6 Å². The van der Waals surface area contributed by atoms with Crippen LogP contribution < -0.4 is 14.5 Å². The van der Waals surface area contributed by atoms with Crippen LogP contribution in [0.25, 0.3) is 10.8 Å². The van der Waals surface area contributed by atoms with Crippen LogP contribution in [-0.4, -0.2) is 103 Å². The van der Waals surface area contributed by atoms with Gasteiger partial charge in [0.1, 0.15) is 25.2 Å². The monoisotopic (exact) mass is 661 g/mol. The number of halogens is 2. The number of hydrogen-bond acceptors (Lipinski definition) is 9. The molecule has 6 rings (SSSR count). The van der Waals surface area contributed by atoms with Gasteiger partial charge in [0.25, 0.3) is 0 Å². The fourth-order valence-corrected chi connectivity index (χ4v) is 7.08. The average molecular weight is 662 g/mol. The molecule has 0 spiro atoms. The van der Waals surface area contributed by atoms with E-state index in [1.165, 1.54) is 12.2 Å². The Bertz CT molecular complexity index is 1660. The third-order valence-corrected chi connectivity index (χ3v) is 9.55. The lowest BCUT2D eigenvalue weighted by Gasteiger charge is -2.42. The Kier molecular flexibility index (Phi) is 10.4. The lowest BCUT2D eigenvalue weighted by Crippen LogP contribution is -2.55. The Hall–Kier alpha value is -3.98. The number of hydrogen-bond donors (Lipinski definition) is 0. The molecule has 0 radical (unpaired) electrons. The van der Waals surface area contributed by atoms with E-state index < -0.39 is 6.67 Å². The van der Waals surface area contributed by atoms with Crippen molar-refractivity contribution in [3.8, 4) is 12.1 Å². The third kappa shape index (κ3) is 7.30. The Morgan fingerprint density at radius 1 is 1.15 bits per heavy atom. The van der Waals surface area contributed by atoms with Crippen molar-refractivity contribution in [3.05, 3.63) is 64.8 Å². The molecule has 4 heterocycles. The molecule has 0 bridgehead atoms. The first-order valence-corrected chi connectivity index (χ1v) is 16.7. The minimum Gasteiger partial charge on any atom is -0.461 e. The van der Waals surface area contributed by atoms with Crippen LogP contribution in [-0.2, 0) is 22.5 Å². The van der Waals surface area contributed by atoms with Crippen LogP contribution in [0.2, 0.25) is 5.02 Å². The number of ether oxygens (including phenoxy) is 2. The van der Waals surface area contributed by atoms with Crippen LogP contribution in [0.1, 0.15) is 31.5 Å². The predicted molar refractivity (Wildman–Crippen MR) is 181 cm³/mol. The molecule has 2 atom stereocenters. The summed E-state index contributed by atoms with van der Waals surface area (Å²) in [5.74, 6) is 0.479. The van der Waals surface area contributed by atoms with E-state index in [1.54, 1.807) is 4.90 Å². The number of aromatic nitrogens is 2. The number of nitriles is 1. The van der Waals surface area contributed by atoms with Gasteiger partial charge in [-0.3, -0.25) is 9.69 Å². The summed E-state index contributed by atoms with van der Waals surface area (Å²) in [5.41, 5.74) is 2.95. The van der Waals surface area contributed by atoms with Crippen LogP contribution >= 0.6 is 11.6 Å². The number of morpholine rings is 1. The molecule has 248 valence electrons. The van der Waals surface area contributed by atoms with E-state index in [4.69, 9.17) is 31.0 Å². The van der Waals surface area contributed by atoms with Crippen LogP contribution in [0.3, 0.4) is 0 Å². The van der Waals surface area contributed by atoms with Gasteiger partial charge in [-0.1, -0.05) is 35.9 Å². The highest BCUT2D eigenvalue weighted by molar-refractivity contribution is 6.36. The van der Waals surface area contributed by atoms with Crippen LogP contribution in [0, 0.1) is 11.3 Å². The molecule has 1 amide bonds. The van der Waals surface area contributed by atoms with Gasteiger partial charge in [-0.2, -0.15) is 15.2 Å². The molecular weight excluding hydrogens is 621 g/mol. The molecule has 0 N–H and O–H groups in total. The van der Waals surface area contributed by atoms with Gasteiger partial charge in [0.05, 0.1) is 42.4 Å². The van der Waals surface area contributed by atoms with Crippen molar-refractivity contribution in [1.82, 2.24) is 19.8 Å². The maximum absolute atomic E-state index is 12.8. The minimum absolute atomic E-state index is 0.101. The lowest BCUT2D eigenvalue weighted by atomic mass is 10.0. The number of allylic oxidation sites excluding steroid dienone is 1. The molecule has 47 heavy (non-hydrogen) atoms. The molecule has 0 saturated carbocycles. The number of nitrogens with zero attached hydrogens (tertiary/aromatic N) is 7. The number of amides is 1. The van der Waals surface area contributed by atoms with E-state index in [2.05, 4.69) is 52.8 Å². The van der Waals surface area contributed by atoms with E-state index in [0.717, 1.165) is 53.2 Å². The van der Waals surface area contributed by atoms with Gasteiger partial charge in [-0.05, 0) is 43.9 Å². The number of rotatable bonds is 9. The van der Waals surface area contributed by atoms with E-state index in [0.29, 0.717) is 56.9 Å². The highest BCUT2D eigenvalue weighted by Gasteiger charge is 2.34. The summed E-state index contributed by atoms with van der Waals surface area (Å²) in [6, 6.07) is 14.7. The Labute approximate surface area is 280 Å². The SMILES string of the molecule is CC(C)N1CCOC(COc2nc3c(c(N4CCN(C(=O)/C=C/CF)[C@@H](CC#N)C4)n2)CCN(c2cccc4cccc(Cl)c24)C3)C1. The van der Waals surface area contributed by atoms with E-state index in [1.807, 2.05) is 18.2 Å². The molecule has 2 fully saturated rings. The molecule has 1 aromatic heterocycles. The molecule has 2 aromatic carbocycles. The van der Waals surface area contributed by atoms with Gasteiger partial charge in [0, 0.05) is 68.0 Å². The first-order chi connectivity index (χ1) is 22.9. The zero-order valence-corrected chi connectivity index (χ0v) is 27.7. The normalized spacial score (nSPS) is 20.6. The molecular formula is C35H41ClFN7O3. The summed E-state index contributed by atoms with van der Waals surface area (Å²) in [4.78, 5) is 31.2. The molecule has 3 aliphatic rings. The molecule has 3 aromatic rings. The summed E-state index contributed by atoms with van der Waals surface area (Å²) in [5, 5.41) is 12.4. The summed E-state index contributed by atoms with van der Waals surface area (Å²) in [6.07, 6.45) is 3.20. The van der Waals surface area contributed by atoms with Gasteiger partial charge in [-0.15, -0.1) is 0 Å². The second-order valence-corrected chi connectivity index (χ2v) is 12.9. The summed E-state index contributed by atoms with van der Waals surface area (Å²) < 4.78 is 25.0. The summed E-state index contributed by atoms with van der Waals surface area (Å²) in [6.45, 7) is 8.88. The van der Waals surface area contributed by atoms with Crippen molar-refractivity contribution in [2.75, 3.05) is 69.0 Å². The van der Waals surface area contributed by atoms with Crippen LogP contribution in [0.5, 0.6) is 6.01 Å². The standard InChI is InChI=1S/C35H41ClFN7O3/c1-24(2)41-18-19-46-27(21-41)23-47-35-39-30-22-42(31-9-4-7-25-6-3-8-29(36)33(25)31)15-12-28(30)34(40-35)43-16-17-44(26(20-43)11-14-38)32(45)10-5-13-37/h3-10,24,26-27H,11-13,15-23H2,1-2H3/b10-5+/t26-,27?/m0/s1. The smallest absolute Gasteiger partial charge is 0.318 e. The zero-order chi connectivity index (χ0) is 32.9. The Morgan fingerprint density at radius 2 is 1.98 bits per heavy atom. The van der Waals surface area contributed by atoms with E-state index in [-0.39, 0.29) is 30.5 Å². The fraction of sp³-hybridized carbons (Fsp3) is 0.486. The number of alkyl halides is 1. The number of benzene rings is 2. The number of carbonyl (C=O) groups is 1. The van der Waals surface area contributed by atoms with Crippen molar-refractivity contribution in [2.45, 2.75) is 51.4 Å². The van der Waals surface area contributed by atoms with E-state index >= 15 is 0 Å². The highest BCUT2D eigenvalue weighted by atomic mass is 35.5. The average Bonchev–Trinajstić information content (AvgIpc) is 3.09. The topological polar surface area (TPSA) is 98.1 Å². The number of fused-ring (bicyclic) bond motifs is 2. The van der Waals surface area contributed by atoms with Crippen molar-refractivity contribution in [3.63, 3.8) is 0 Å². The van der Waals surface area contributed by atoms with Gasteiger partial charge >= 0.3 is 6.01 Å². The van der Waals surface area contributed by atoms with Crippen molar-refractivity contribution in [2.24, 2.45) is 0 Å². The molecule has 1 unspecified atom stereocenters. The fourth-order valence-electron chi connectivity index (χ4n) is 6.80. The van der Waals surface area contributed by atoms with E-state index in [9.17, 15) is 14.4 Å². The second kappa shape index (κ2) is 14.8. The quantitative estimate of drug-likeness (QED) is 0.300. The van der Waals surface area contributed by atoms with Crippen molar-refractivity contribution >= 4 is 39.8 Å². The maximum Gasteiger partial charge on any atom is 0.318 e. The maximum atomic E-state index is 12.8. The first kappa shape index (κ1) is 32.9. The molecule has 3 aliphatic heterocycles. The van der Waals surface area contributed by atoms with Gasteiger partial charge in [0.2, 0.25) is 5.91 Å². The lowest BCUT2D eigenvalue weighted by molar-refractivity contribution is -0.128. The minimum atomic E-state index is -0.714.